The fourth-order valence-corrected chi connectivity index (χ4v) is 1.96. The molecule has 0 aromatic carbocycles. The van der Waals surface area contributed by atoms with Crippen LogP contribution in [0.15, 0.2) is 0 Å². The third kappa shape index (κ3) is 4.40. The third-order valence-corrected chi connectivity index (χ3v) is 2.90. The summed E-state index contributed by atoms with van der Waals surface area (Å²) in [6, 6.07) is -0.0220. The molecule has 1 rings (SSSR count). The van der Waals surface area contributed by atoms with Crippen LogP contribution in [0, 0.1) is 0 Å². The number of hydrogen-bond acceptors (Lipinski definition) is 3. The van der Waals surface area contributed by atoms with E-state index in [0.717, 1.165) is 0 Å². The predicted octanol–water partition coefficient (Wildman–Crippen LogP) is 0.732. The van der Waals surface area contributed by atoms with E-state index in [1.807, 2.05) is 11.8 Å². The van der Waals surface area contributed by atoms with Crippen molar-refractivity contribution in [3.05, 3.63) is 0 Å². The van der Waals surface area contributed by atoms with E-state index in [-0.39, 0.29) is 19.0 Å². The second kappa shape index (κ2) is 6.10. The Hall–Kier alpha value is -0.750. The van der Waals surface area contributed by atoms with Gasteiger partial charge in [-0.15, -0.1) is 0 Å². The highest BCUT2D eigenvalue weighted by atomic mass is 19.3. The van der Waals surface area contributed by atoms with Gasteiger partial charge in [-0.1, -0.05) is 0 Å². The van der Waals surface area contributed by atoms with Gasteiger partial charge >= 0.3 is 5.97 Å². The molecule has 0 bridgehead atoms. The fourth-order valence-electron chi connectivity index (χ4n) is 1.96. The van der Waals surface area contributed by atoms with Gasteiger partial charge in [0.2, 0.25) is 0 Å². The van der Waals surface area contributed by atoms with Gasteiger partial charge in [0.05, 0.1) is 13.0 Å². The number of carboxylic acids is 1. The van der Waals surface area contributed by atoms with Crippen LogP contribution in [0.25, 0.3) is 0 Å². The van der Waals surface area contributed by atoms with Crippen molar-refractivity contribution >= 4 is 5.97 Å². The first-order valence-corrected chi connectivity index (χ1v) is 5.45. The van der Waals surface area contributed by atoms with Gasteiger partial charge in [0.15, 0.2) is 0 Å². The summed E-state index contributed by atoms with van der Waals surface area (Å²) < 4.78 is 24.2. The van der Waals surface area contributed by atoms with Crippen molar-refractivity contribution in [3.63, 3.8) is 0 Å². The monoisotopic (exact) mass is 236 g/mol. The standard InChI is InChI=1S/C10H18F2N2O2/c1-8(6-10(15)16)14-4-2-13(3-5-14)7-9(11)12/h8-9H,2-7H2,1H3,(H,15,16). The van der Waals surface area contributed by atoms with Gasteiger partial charge in [-0.3, -0.25) is 14.6 Å². The Labute approximate surface area is 93.8 Å². The van der Waals surface area contributed by atoms with Crippen molar-refractivity contribution in [3.8, 4) is 0 Å². The summed E-state index contributed by atoms with van der Waals surface area (Å²) >= 11 is 0. The van der Waals surface area contributed by atoms with Crippen molar-refractivity contribution in [2.24, 2.45) is 0 Å². The molecule has 0 aliphatic carbocycles. The zero-order chi connectivity index (χ0) is 12.1. The van der Waals surface area contributed by atoms with E-state index in [4.69, 9.17) is 5.11 Å². The topological polar surface area (TPSA) is 43.8 Å². The number of rotatable bonds is 5. The Morgan fingerprint density at radius 3 is 2.31 bits per heavy atom. The lowest BCUT2D eigenvalue weighted by atomic mass is 10.1. The van der Waals surface area contributed by atoms with Crippen molar-refractivity contribution < 1.29 is 18.7 Å². The molecule has 0 spiro atoms. The molecule has 94 valence electrons. The number of carboxylic acid groups (broad SMARTS) is 1. The lowest BCUT2D eigenvalue weighted by Gasteiger charge is -2.37. The molecule has 1 aliphatic rings. The number of halogens is 2. The molecule has 1 saturated heterocycles. The molecule has 0 amide bonds. The van der Waals surface area contributed by atoms with Gasteiger partial charge in [-0.2, -0.15) is 0 Å². The molecule has 0 radical (unpaired) electrons. The van der Waals surface area contributed by atoms with Gasteiger partial charge in [0, 0.05) is 32.2 Å². The molecule has 1 atom stereocenters. The van der Waals surface area contributed by atoms with Crippen LogP contribution in [0.4, 0.5) is 8.78 Å². The minimum Gasteiger partial charge on any atom is -0.481 e. The lowest BCUT2D eigenvalue weighted by Crippen LogP contribution is -2.50. The zero-order valence-electron chi connectivity index (χ0n) is 9.40. The van der Waals surface area contributed by atoms with Crippen LogP contribution >= 0.6 is 0 Å². The van der Waals surface area contributed by atoms with E-state index in [2.05, 4.69) is 0 Å². The van der Waals surface area contributed by atoms with Crippen molar-refractivity contribution in [1.82, 2.24) is 9.80 Å². The molecule has 6 heteroatoms. The summed E-state index contributed by atoms with van der Waals surface area (Å²) in [6.07, 6.45) is -2.18. The Kier molecular flexibility index (Phi) is 5.08. The van der Waals surface area contributed by atoms with Crippen molar-refractivity contribution in [2.45, 2.75) is 25.8 Å². The van der Waals surface area contributed by atoms with Crippen molar-refractivity contribution in [2.75, 3.05) is 32.7 Å². The summed E-state index contributed by atoms with van der Waals surface area (Å²) in [6.45, 7) is 4.20. The summed E-state index contributed by atoms with van der Waals surface area (Å²) in [5.74, 6) is -0.817. The maximum Gasteiger partial charge on any atom is 0.304 e. The van der Waals surface area contributed by atoms with E-state index in [0.29, 0.717) is 26.2 Å². The van der Waals surface area contributed by atoms with Gasteiger partial charge in [0.25, 0.3) is 6.43 Å². The molecule has 1 heterocycles. The molecule has 16 heavy (non-hydrogen) atoms. The number of piperazine rings is 1. The lowest BCUT2D eigenvalue weighted by molar-refractivity contribution is -0.138. The predicted molar refractivity (Wildman–Crippen MR) is 55.7 cm³/mol. The maximum atomic E-state index is 12.1. The first-order chi connectivity index (χ1) is 7.49. The molecular weight excluding hydrogens is 218 g/mol. The number of hydrogen-bond donors (Lipinski definition) is 1. The van der Waals surface area contributed by atoms with Gasteiger partial charge in [-0.05, 0) is 6.92 Å². The van der Waals surface area contributed by atoms with Gasteiger partial charge in [-0.25, -0.2) is 8.78 Å². The summed E-state index contributed by atoms with van der Waals surface area (Å²) in [5, 5.41) is 8.65. The van der Waals surface area contributed by atoms with Crippen LogP contribution in [0.1, 0.15) is 13.3 Å². The average Bonchev–Trinajstić information content (AvgIpc) is 2.16. The Morgan fingerprint density at radius 2 is 1.88 bits per heavy atom. The Balaban J connectivity index is 2.28. The Morgan fingerprint density at radius 1 is 1.31 bits per heavy atom. The van der Waals surface area contributed by atoms with Crippen LogP contribution in [-0.4, -0.2) is 66.1 Å². The first-order valence-electron chi connectivity index (χ1n) is 5.45. The van der Waals surface area contributed by atoms with E-state index in [1.165, 1.54) is 0 Å². The summed E-state index contributed by atoms with van der Waals surface area (Å²) in [7, 11) is 0. The molecule has 1 N–H and O–H groups in total. The highest BCUT2D eigenvalue weighted by molar-refractivity contribution is 5.67. The zero-order valence-corrected chi connectivity index (χ0v) is 9.40. The van der Waals surface area contributed by atoms with Crippen LogP contribution in [0.5, 0.6) is 0 Å². The molecule has 1 aliphatic heterocycles. The van der Waals surface area contributed by atoms with E-state index >= 15 is 0 Å². The SMILES string of the molecule is CC(CC(=O)O)N1CCN(CC(F)F)CC1. The highest BCUT2D eigenvalue weighted by Gasteiger charge is 2.23. The second-order valence-corrected chi connectivity index (χ2v) is 4.17. The van der Waals surface area contributed by atoms with Gasteiger partial charge < -0.3 is 5.11 Å². The number of carbonyl (C=O) groups is 1. The van der Waals surface area contributed by atoms with Crippen LogP contribution in [0.3, 0.4) is 0 Å². The summed E-state index contributed by atoms with van der Waals surface area (Å²) in [5.41, 5.74) is 0. The normalized spacial score (nSPS) is 21.2. The molecule has 4 nitrogen and oxygen atoms in total. The first kappa shape index (κ1) is 13.3. The van der Waals surface area contributed by atoms with Crippen molar-refractivity contribution in [1.29, 1.82) is 0 Å². The van der Waals surface area contributed by atoms with Crippen LogP contribution in [-0.2, 0) is 4.79 Å². The number of aliphatic carboxylic acids is 1. The molecular formula is C10H18F2N2O2. The number of alkyl halides is 2. The van der Waals surface area contributed by atoms with E-state index in [9.17, 15) is 13.6 Å². The van der Waals surface area contributed by atoms with E-state index in [1.54, 1.807) is 4.90 Å². The molecule has 0 aromatic heterocycles. The molecule has 0 saturated carbocycles. The summed E-state index contributed by atoms with van der Waals surface area (Å²) in [4.78, 5) is 14.3. The molecule has 0 aromatic rings. The quantitative estimate of drug-likeness (QED) is 0.764. The Bertz CT molecular complexity index is 231. The smallest absolute Gasteiger partial charge is 0.304 e. The van der Waals surface area contributed by atoms with Crippen LogP contribution < -0.4 is 0 Å². The minimum absolute atomic E-state index is 0.0220. The largest absolute Gasteiger partial charge is 0.481 e. The third-order valence-electron chi connectivity index (χ3n) is 2.90. The minimum atomic E-state index is -2.29. The average molecular weight is 236 g/mol. The molecule has 1 fully saturated rings. The second-order valence-electron chi connectivity index (χ2n) is 4.17. The van der Waals surface area contributed by atoms with Gasteiger partial charge in [0.1, 0.15) is 0 Å². The van der Waals surface area contributed by atoms with Crippen LogP contribution in [0.2, 0.25) is 0 Å². The molecule has 1 unspecified atom stereocenters. The maximum absolute atomic E-state index is 12.1. The number of nitrogens with zero attached hydrogens (tertiary/aromatic N) is 2. The van der Waals surface area contributed by atoms with E-state index < -0.39 is 12.4 Å². The highest BCUT2D eigenvalue weighted by Crippen LogP contribution is 2.10. The fraction of sp³-hybridized carbons (Fsp3) is 0.900.